The Bertz CT molecular complexity index is 1040. The van der Waals surface area contributed by atoms with Gasteiger partial charge in [-0.1, -0.05) is 12.8 Å². The van der Waals surface area contributed by atoms with E-state index in [1.54, 1.807) is 13.8 Å². The van der Waals surface area contributed by atoms with Crippen LogP contribution in [0.15, 0.2) is 31.3 Å². The van der Waals surface area contributed by atoms with Crippen molar-refractivity contribution in [1.82, 2.24) is 18.3 Å². The lowest BCUT2D eigenvalue weighted by atomic mass is 10.2. The Labute approximate surface area is 186 Å². The summed E-state index contributed by atoms with van der Waals surface area (Å²) in [5.74, 6) is 0. The van der Waals surface area contributed by atoms with Crippen LogP contribution in [0.25, 0.3) is 0 Å². The van der Waals surface area contributed by atoms with Crippen LogP contribution in [0.4, 0.5) is 0 Å². The number of nitrogens with zero attached hydrogens (tertiary/aromatic N) is 4. The minimum Gasteiger partial charge on any atom is -0.396 e. The summed E-state index contributed by atoms with van der Waals surface area (Å²) in [4.78, 5) is 49.6. The molecular weight excluding hydrogens is 416 g/mol. The summed E-state index contributed by atoms with van der Waals surface area (Å²) in [7, 11) is 0. The number of aliphatic hydroxyl groups excluding tert-OH is 2. The van der Waals surface area contributed by atoms with Gasteiger partial charge >= 0.3 is 11.4 Å². The van der Waals surface area contributed by atoms with Crippen molar-refractivity contribution in [2.24, 2.45) is 0 Å². The summed E-state index contributed by atoms with van der Waals surface area (Å²) in [6, 6.07) is 2.87. The summed E-state index contributed by atoms with van der Waals surface area (Å²) < 4.78 is 5.44. The monoisotopic (exact) mass is 450 g/mol. The Hall–Kier alpha value is -2.72. The Kier molecular flexibility index (Phi) is 9.86. The highest BCUT2D eigenvalue weighted by molar-refractivity contribution is 5.01. The molecule has 10 heteroatoms. The fraction of sp³-hybridized carbons (Fsp3) is 0.636. The average molecular weight is 451 g/mol. The van der Waals surface area contributed by atoms with Crippen molar-refractivity contribution < 1.29 is 10.2 Å². The highest BCUT2D eigenvalue weighted by Gasteiger charge is 2.10. The van der Waals surface area contributed by atoms with Crippen LogP contribution in [0.1, 0.15) is 49.9 Å². The number of hydrogen-bond donors (Lipinski definition) is 2. The first kappa shape index (κ1) is 25.5. The molecule has 0 aliphatic rings. The zero-order valence-corrected chi connectivity index (χ0v) is 19.0. The molecular formula is C22H34N4O6. The molecule has 2 rings (SSSR count). The normalized spacial score (nSPS) is 11.2. The maximum Gasteiger partial charge on any atom is 0.331 e. The lowest BCUT2D eigenvalue weighted by molar-refractivity contribution is 0.276. The molecule has 0 saturated carbocycles. The van der Waals surface area contributed by atoms with E-state index in [4.69, 9.17) is 10.2 Å². The molecule has 178 valence electrons. The number of rotatable bonds is 13. The fourth-order valence-electron chi connectivity index (χ4n) is 3.76. The van der Waals surface area contributed by atoms with Crippen LogP contribution in [-0.2, 0) is 26.2 Å². The standard InChI is InChI=1S/C22H34N4O6/c1-17-15-19(29)25(21(31)23(17)11-7-13-27)9-5-3-4-6-10-26-20(30)16-18(2)24(22(26)32)12-8-14-28/h15-16,27-28H,3-14H2,1-2H3. The molecule has 0 aliphatic carbocycles. The molecule has 0 bridgehead atoms. The highest BCUT2D eigenvalue weighted by Crippen LogP contribution is 2.03. The third-order valence-electron chi connectivity index (χ3n) is 5.57. The quantitative estimate of drug-likeness (QED) is 0.413. The molecule has 0 aromatic carbocycles. The van der Waals surface area contributed by atoms with Crippen LogP contribution < -0.4 is 22.5 Å². The van der Waals surface area contributed by atoms with Gasteiger partial charge in [-0.3, -0.25) is 27.9 Å². The number of hydrogen-bond acceptors (Lipinski definition) is 6. The number of aryl methyl sites for hydroxylation is 2. The molecule has 2 heterocycles. The van der Waals surface area contributed by atoms with Gasteiger partial charge in [-0.25, -0.2) is 9.59 Å². The molecule has 2 N–H and O–H groups in total. The Balaban J connectivity index is 1.93. The predicted molar refractivity (Wildman–Crippen MR) is 121 cm³/mol. The van der Waals surface area contributed by atoms with E-state index < -0.39 is 0 Å². The molecule has 2 aromatic heterocycles. The van der Waals surface area contributed by atoms with Gasteiger partial charge in [-0.15, -0.1) is 0 Å². The van der Waals surface area contributed by atoms with Crippen LogP contribution in [0.5, 0.6) is 0 Å². The van der Waals surface area contributed by atoms with Crippen LogP contribution in [0, 0.1) is 13.8 Å². The fourth-order valence-corrected chi connectivity index (χ4v) is 3.76. The molecule has 0 spiro atoms. The van der Waals surface area contributed by atoms with Gasteiger partial charge in [0.1, 0.15) is 0 Å². The molecule has 0 atom stereocenters. The third-order valence-corrected chi connectivity index (χ3v) is 5.57. The van der Waals surface area contributed by atoms with Crippen molar-refractivity contribution in [3.63, 3.8) is 0 Å². The maximum absolute atomic E-state index is 12.6. The minimum atomic E-state index is -0.363. The topological polar surface area (TPSA) is 128 Å². The van der Waals surface area contributed by atoms with Crippen LogP contribution in [0.2, 0.25) is 0 Å². The highest BCUT2D eigenvalue weighted by atomic mass is 16.3. The molecule has 0 fully saturated rings. The molecule has 10 nitrogen and oxygen atoms in total. The van der Waals surface area contributed by atoms with Crippen molar-refractivity contribution in [2.45, 2.75) is 78.6 Å². The van der Waals surface area contributed by atoms with Gasteiger partial charge in [0.05, 0.1) is 0 Å². The van der Waals surface area contributed by atoms with E-state index in [-0.39, 0.29) is 35.7 Å². The summed E-state index contributed by atoms with van der Waals surface area (Å²) in [5, 5.41) is 18.0. The predicted octanol–water partition coefficient (Wildman–Crippen LogP) is -0.0244. The molecule has 32 heavy (non-hydrogen) atoms. The molecule has 0 unspecified atom stereocenters. The zero-order valence-electron chi connectivity index (χ0n) is 19.0. The van der Waals surface area contributed by atoms with Gasteiger partial charge in [-0.2, -0.15) is 0 Å². The Morgan fingerprint density at radius 1 is 0.562 bits per heavy atom. The van der Waals surface area contributed by atoms with E-state index in [1.165, 1.54) is 30.4 Å². The second-order valence-corrected chi connectivity index (χ2v) is 7.99. The second kappa shape index (κ2) is 12.4. The first-order chi connectivity index (χ1) is 15.3. The molecule has 0 saturated heterocycles. The summed E-state index contributed by atoms with van der Waals surface area (Å²) in [6.45, 7) is 4.68. The molecule has 2 aromatic rings. The summed E-state index contributed by atoms with van der Waals surface area (Å²) in [6.07, 6.45) is 3.63. The van der Waals surface area contributed by atoms with E-state index in [2.05, 4.69) is 0 Å². The first-order valence-electron chi connectivity index (χ1n) is 11.2. The van der Waals surface area contributed by atoms with Gasteiger partial charge in [0, 0.05) is 62.9 Å². The Morgan fingerprint density at radius 3 is 1.25 bits per heavy atom. The summed E-state index contributed by atoms with van der Waals surface area (Å²) >= 11 is 0. The Morgan fingerprint density at radius 2 is 0.906 bits per heavy atom. The smallest absolute Gasteiger partial charge is 0.331 e. The number of aromatic nitrogens is 4. The van der Waals surface area contributed by atoms with Crippen molar-refractivity contribution in [3.05, 3.63) is 65.2 Å². The SMILES string of the molecule is Cc1cc(=O)n(CCCCCCn2c(=O)cc(C)n(CCCO)c2=O)c(=O)n1CCCO. The molecule has 0 aliphatic heterocycles. The van der Waals surface area contributed by atoms with Crippen LogP contribution in [0.3, 0.4) is 0 Å². The van der Waals surface area contributed by atoms with Gasteiger partial charge in [0.15, 0.2) is 0 Å². The van der Waals surface area contributed by atoms with Gasteiger partial charge in [-0.05, 0) is 39.5 Å². The second-order valence-electron chi connectivity index (χ2n) is 7.99. The van der Waals surface area contributed by atoms with E-state index in [1.807, 2.05) is 0 Å². The van der Waals surface area contributed by atoms with E-state index in [9.17, 15) is 19.2 Å². The van der Waals surface area contributed by atoms with E-state index in [0.717, 1.165) is 12.8 Å². The summed E-state index contributed by atoms with van der Waals surface area (Å²) in [5.41, 5.74) is -0.225. The van der Waals surface area contributed by atoms with Crippen LogP contribution in [-0.4, -0.2) is 41.7 Å². The van der Waals surface area contributed by atoms with Gasteiger partial charge in [0.25, 0.3) is 11.1 Å². The lowest BCUT2D eigenvalue weighted by Gasteiger charge is -2.13. The molecule has 0 amide bonds. The molecule has 0 radical (unpaired) electrons. The zero-order chi connectivity index (χ0) is 23.7. The maximum atomic E-state index is 12.6. The third kappa shape index (κ3) is 6.39. The number of aliphatic hydroxyl groups is 2. The van der Waals surface area contributed by atoms with E-state index in [0.29, 0.717) is 63.3 Å². The largest absolute Gasteiger partial charge is 0.396 e. The lowest BCUT2D eigenvalue weighted by Crippen LogP contribution is -2.41. The van der Waals surface area contributed by atoms with Crippen molar-refractivity contribution in [3.8, 4) is 0 Å². The van der Waals surface area contributed by atoms with Crippen molar-refractivity contribution >= 4 is 0 Å². The van der Waals surface area contributed by atoms with Gasteiger partial charge < -0.3 is 10.2 Å². The van der Waals surface area contributed by atoms with Gasteiger partial charge in [0.2, 0.25) is 0 Å². The van der Waals surface area contributed by atoms with E-state index >= 15 is 0 Å². The van der Waals surface area contributed by atoms with Crippen molar-refractivity contribution in [2.75, 3.05) is 13.2 Å². The number of unbranched alkanes of at least 4 members (excludes halogenated alkanes) is 3. The van der Waals surface area contributed by atoms with Crippen LogP contribution >= 0.6 is 0 Å². The average Bonchev–Trinajstić information content (AvgIpc) is 2.74. The first-order valence-corrected chi connectivity index (χ1v) is 11.2. The van der Waals surface area contributed by atoms with Crippen molar-refractivity contribution in [1.29, 1.82) is 0 Å². The minimum absolute atomic E-state index is 0.0262.